The van der Waals surface area contributed by atoms with Gasteiger partial charge in [0, 0.05) is 25.3 Å². The van der Waals surface area contributed by atoms with Crippen molar-refractivity contribution in [2.45, 2.75) is 13.0 Å². The van der Waals surface area contributed by atoms with E-state index in [1.54, 1.807) is 18.5 Å². The van der Waals surface area contributed by atoms with Gasteiger partial charge in [-0.25, -0.2) is 0 Å². The minimum Gasteiger partial charge on any atom is -0.367 e. The van der Waals surface area contributed by atoms with Gasteiger partial charge in [0.05, 0.1) is 17.4 Å². The van der Waals surface area contributed by atoms with E-state index in [4.69, 9.17) is 11.0 Å². The van der Waals surface area contributed by atoms with E-state index in [1.165, 1.54) is 0 Å². The van der Waals surface area contributed by atoms with E-state index in [9.17, 15) is 0 Å². The average Bonchev–Trinajstić information content (AvgIpc) is 2.59. The summed E-state index contributed by atoms with van der Waals surface area (Å²) in [6.45, 7) is 3.84. The third-order valence-corrected chi connectivity index (χ3v) is 2.93. The highest BCUT2D eigenvalue weighted by Gasteiger charge is 2.27. The summed E-state index contributed by atoms with van der Waals surface area (Å²) >= 11 is 0. The first-order chi connectivity index (χ1) is 7.22. The summed E-state index contributed by atoms with van der Waals surface area (Å²) in [6, 6.07) is 4.11. The van der Waals surface area contributed by atoms with Crippen molar-refractivity contribution in [1.29, 1.82) is 5.26 Å². The molecule has 0 radical (unpaired) electrons. The van der Waals surface area contributed by atoms with Crippen LogP contribution in [-0.4, -0.2) is 24.1 Å². The summed E-state index contributed by atoms with van der Waals surface area (Å²) in [4.78, 5) is 6.19. The van der Waals surface area contributed by atoms with Crippen LogP contribution in [0, 0.1) is 17.2 Å². The monoisotopic (exact) mass is 202 g/mol. The maximum atomic E-state index is 8.97. The molecule has 1 fully saturated rings. The van der Waals surface area contributed by atoms with Crippen molar-refractivity contribution in [1.82, 2.24) is 4.98 Å². The maximum absolute atomic E-state index is 8.97. The Morgan fingerprint density at radius 1 is 1.60 bits per heavy atom. The Morgan fingerprint density at radius 3 is 3.00 bits per heavy atom. The summed E-state index contributed by atoms with van der Waals surface area (Å²) in [5, 5.41) is 8.97. The van der Waals surface area contributed by atoms with E-state index < -0.39 is 0 Å². The second-order valence-electron chi connectivity index (χ2n) is 4.05. The predicted octanol–water partition coefficient (Wildman–Crippen LogP) is 0.737. The van der Waals surface area contributed by atoms with Gasteiger partial charge in [0.1, 0.15) is 6.07 Å². The number of nitriles is 1. The molecule has 0 saturated carbocycles. The molecule has 78 valence electrons. The van der Waals surface area contributed by atoms with E-state index in [1.807, 2.05) is 0 Å². The summed E-state index contributed by atoms with van der Waals surface area (Å²) in [5.41, 5.74) is 7.53. The second kappa shape index (κ2) is 3.87. The molecule has 0 aliphatic carbocycles. The van der Waals surface area contributed by atoms with Crippen molar-refractivity contribution in [2.24, 2.45) is 11.7 Å². The molecule has 4 nitrogen and oxygen atoms in total. The number of anilines is 1. The SMILES string of the molecule is CC1CN(c2cnccc2C#N)CC1N. The molecule has 2 N–H and O–H groups in total. The molecule has 0 aromatic carbocycles. The van der Waals surface area contributed by atoms with Crippen molar-refractivity contribution >= 4 is 5.69 Å². The molecular formula is C11H14N4. The fraction of sp³-hybridized carbons (Fsp3) is 0.455. The number of rotatable bonds is 1. The van der Waals surface area contributed by atoms with E-state index in [-0.39, 0.29) is 6.04 Å². The molecule has 1 aliphatic rings. The zero-order valence-corrected chi connectivity index (χ0v) is 8.72. The van der Waals surface area contributed by atoms with Crippen LogP contribution >= 0.6 is 0 Å². The number of pyridine rings is 1. The Balaban J connectivity index is 2.28. The summed E-state index contributed by atoms with van der Waals surface area (Å²) < 4.78 is 0. The van der Waals surface area contributed by atoms with Crippen LogP contribution in [0.15, 0.2) is 18.5 Å². The van der Waals surface area contributed by atoms with Gasteiger partial charge in [-0.15, -0.1) is 0 Å². The van der Waals surface area contributed by atoms with Crippen molar-refractivity contribution in [3.63, 3.8) is 0 Å². The van der Waals surface area contributed by atoms with Gasteiger partial charge in [0.25, 0.3) is 0 Å². The normalized spacial score (nSPS) is 25.3. The molecular weight excluding hydrogens is 188 g/mol. The molecule has 2 heterocycles. The van der Waals surface area contributed by atoms with Crippen LogP contribution in [0.2, 0.25) is 0 Å². The molecule has 0 amide bonds. The molecule has 2 rings (SSSR count). The fourth-order valence-corrected chi connectivity index (χ4v) is 1.92. The molecule has 1 saturated heterocycles. The molecule has 1 aliphatic heterocycles. The van der Waals surface area contributed by atoms with Gasteiger partial charge >= 0.3 is 0 Å². The highest BCUT2D eigenvalue weighted by Crippen LogP contribution is 2.24. The van der Waals surface area contributed by atoms with Crippen LogP contribution in [0.25, 0.3) is 0 Å². The third-order valence-electron chi connectivity index (χ3n) is 2.93. The second-order valence-corrected chi connectivity index (χ2v) is 4.05. The van der Waals surface area contributed by atoms with Crippen LogP contribution < -0.4 is 10.6 Å². The van der Waals surface area contributed by atoms with E-state index in [0.717, 1.165) is 18.8 Å². The lowest BCUT2D eigenvalue weighted by Crippen LogP contribution is -2.28. The Bertz CT molecular complexity index is 386. The standard InChI is InChI=1S/C11H14N4/c1-8-6-15(7-10(8)13)11-5-14-3-2-9(11)4-12/h2-3,5,8,10H,6-7,13H2,1H3. The first kappa shape index (κ1) is 9.94. The van der Waals surface area contributed by atoms with Crippen LogP contribution in [0.3, 0.4) is 0 Å². The zero-order valence-electron chi connectivity index (χ0n) is 8.72. The van der Waals surface area contributed by atoms with Gasteiger partial charge in [-0.2, -0.15) is 5.26 Å². The van der Waals surface area contributed by atoms with Crippen LogP contribution in [0.1, 0.15) is 12.5 Å². The molecule has 2 atom stereocenters. The molecule has 1 aromatic heterocycles. The van der Waals surface area contributed by atoms with Gasteiger partial charge in [0.2, 0.25) is 0 Å². The molecule has 1 aromatic rings. The van der Waals surface area contributed by atoms with E-state index in [0.29, 0.717) is 11.5 Å². The summed E-state index contributed by atoms with van der Waals surface area (Å²) in [6.07, 6.45) is 3.38. The highest BCUT2D eigenvalue weighted by molar-refractivity contribution is 5.58. The van der Waals surface area contributed by atoms with Crippen molar-refractivity contribution < 1.29 is 0 Å². The Labute approximate surface area is 89.3 Å². The Morgan fingerprint density at radius 2 is 2.40 bits per heavy atom. The van der Waals surface area contributed by atoms with Crippen molar-refractivity contribution in [3.05, 3.63) is 24.0 Å². The van der Waals surface area contributed by atoms with Gasteiger partial charge in [-0.3, -0.25) is 4.98 Å². The number of nitrogens with two attached hydrogens (primary N) is 1. The number of nitrogens with zero attached hydrogens (tertiary/aromatic N) is 3. The topological polar surface area (TPSA) is 65.9 Å². The molecule has 2 unspecified atom stereocenters. The third kappa shape index (κ3) is 1.79. The lowest BCUT2D eigenvalue weighted by molar-refractivity contribution is 0.566. The van der Waals surface area contributed by atoms with Crippen molar-refractivity contribution in [3.8, 4) is 6.07 Å². The molecule has 15 heavy (non-hydrogen) atoms. The quantitative estimate of drug-likeness (QED) is 0.729. The predicted molar refractivity (Wildman–Crippen MR) is 58.3 cm³/mol. The lowest BCUT2D eigenvalue weighted by atomic mass is 10.1. The average molecular weight is 202 g/mol. The maximum Gasteiger partial charge on any atom is 0.101 e. The lowest BCUT2D eigenvalue weighted by Gasteiger charge is -2.18. The number of hydrogen-bond acceptors (Lipinski definition) is 4. The summed E-state index contributed by atoms with van der Waals surface area (Å²) in [5.74, 6) is 0.469. The summed E-state index contributed by atoms with van der Waals surface area (Å²) in [7, 11) is 0. The van der Waals surface area contributed by atoms with Crippen LogP contribution in [0.5, 0.6) is 0 Å². The number of aromatic nitrogens is 1. The van der Waals surface area contributed by atoms with Crippen LogP contribution in [-0.2, 0) is 0 Å². The van der Waals surface area contributed by atoms with E-state index in [2.05, 4.69) is 22.9 Å². The molecule has 0 spiro atoms. The molecule has 4 heteroatoms. The fourth-order valence-electron chi connectivity index (χ4n) is 1.92. The first-order valence-electron chi connectivity index (χ1n) is 5.07. The Kier molecular flexibility index (Phi) is 2.57. The van der Waals surface area contributed by atoms with Gasteiger partial charge in [0.15, 0.2) is 0 Å². The first-order valence-corrected chi connectivity index (χ1v) is 5.07. The van der Waals surface area contributed by atoms with Gasteiger partial charge in [-0.05, 0) is 12.0 Å². The zero-order chi connectivity index (χ0) is 10.8. The van der Waals surface area contributed by atoms with Gasteiger partial charge < -0.3 is 10.6 Å². The van der Waals surface area contributed by atoms with E-state index >= 15 is 0 Å². The minimum absolute atomic E-state index is 0.191. The Hall–Kier alpha value is -1.60. The van der Waals surface area contributed by atoms with Crippen molar-refractivity contribution in [2.75, 3.05) is 18.0 Å². The minimum atomic E-state index is 0.191. The largest absolute Gasteiger partial charge is 0.367 e. The van der Waals surface area contributed by atoms with Crippen LogP contribution in [0.4, 0.5) is 5.69 Å². The van der Waals surface area contributed by atoms with Gasteiger partial charge in [-0.1, -0.05) is 6.92 Å². The molecule has 0 bridgehead atoms. The highest BCUT2D eigenvalue weighted by atomic mass is 15.2. The number of hydrogen-bond donors (Lipinski definition) is 1. The smallest absolute Gasteiger partial charge is 0.101 e.